The van der Waals surface area contributed by atoms with Crippen molar-refractivity contribution in [3.05, 3.63) is 35.4 Å². The molecule has 0 heterocycles. The summed E-state index contributed by atoms with van der Waals surface area (Å²) in [4.78, 5) is 11.6. The predicted molar refractivity (Wildman–Crippen MR) is 99.8 cm³/mol. The van der Waals surface area contributed by atoms with Crippen LogP contribution in [0.4, 0.5) is 4.79 Å². The molecule has 1 unspecified atom stereocenters. The summed E-state index contributed by atoms with van der Waals surface area (Å²) in [6.45, 7) is 17.0. The molecule has 0 fully saturated rings. The van der Waals surface area contributed by atoms with E-state index in [2.05, 4.69) is 50.5 Å². The van der Waals surface area contributed by atoms with Gasteiger partial charge in [0.25, 0.3) is 0 Å². The Bertz CT molecular complexity index is 510. The summed E-state index contributed by atoms with van der Waals surface area (Å²) in [6.07, 6.45) is -0.385. The molecular weight excluding hydrogens is 300 g/mol. The molecule has 0 radical (unpaired) electrons. The van der Waals surface area contributed by atoms with Gasteiger partial charge in [0.2, 0.25) is 0 Å². The van der Waals surface area contributed by atoms with E-state index in [-0.39, 0.29) is 6.09 Å². The molecule has 0 aromatic heterocycles. The summed E-state index contributed by atoms with van der Waals surface area (Å²) in [7, 11) is 0. The number of rotatable bonds is 6. The van der Waals surface area contributed by atoms with Gasteiger partial charge in [-0.3, -0.25) is 0 Å². The van der Waals surface area contributed by atoms with Gasteiger partial charge in [0.15, 0.2) is 0 Å². The lowest BCUT2D eigenvalue weighted by Crippen LogP contribution is -2.32. The molecule has 1 aromatic carbocycles. The second kappa shape index (κ2) is 8.52. The Morgan fingerprint density at radius 2 is 1.50 bits per heavy atom. The lowest BCUT2D eigenvalue weighted by atomic mass is 9.82. The highest BCUT2D eigenvalue weighted by atomic mass is 16.6. The zero-order chi connectivity index (χ0) is 18.4. The van der Waals surface area contributed by atoms with Crippen LogP contribution >= 0.6 is 0 Å². The SMILES string of the molecule is CC(CNCc1ccc(CNC(=O)OC(C)(C)C)cc1)C(C)(C)C. The largest absolute Gasteiger partial charge is 0.444 e. The molecule has 0 aliphatic heterocycles. The molecule has 1 aromatic rings. The van der Waals surface area contributed by atoms with Crippen LogP contribution in [0.25, 0.3) is 0 Å². The van der Waals surface area contributed by atoms with Crippen molar-refractivity contribution < 1.29 is 9.53 Å². The third kappa shape index (κ3) is 8.34. The van der Waals surface area contributed by atoms with Crippen LogP contribution in [-0.2, 0) is 17.8 Å². The molecule has 1 amide bonds. The summed E-state index contributed by atoms with van der Waals surface area (Å²) in [5, 5.41) is 6.29. The number of alkyl carbamates (subject to hydrolysis) is 1. The molecule has 1 rings (SSSR count). The number of hydrogen-bond acceptors (Lipinski definition) is 3. The summed E-state index contributed by atoms with van der Waals surface area (Å²) in [5.41, 5.74) is 2.17. The van der Waals surface area contributed by atoms with Crippen LogP contribution in [0, 0.1) is 11.3 Å². The molecule has 0 spiro atoms. The highest BCUT2D eigenvalue weighted by Gasteiger charge is 2.19. The number of hydrogen-bond donors (Lipinski definition) is 2. The third-order valence-electron chi connectivity index (χ3n) is 4.12. The van der Waals surface area contributed by atoms with Crippen molar-refractivity contribution in [2.24, 2.45) is 11.3 Å². The molecule has 24 heavy (non-hydrogen) atoms. The van der Waals surface area contributed by atoms with E-state index >= 15 is 0 Å². The Kier molecular flexibility index (Phi) is 7.27. The van der Waals surface area contributed by atoms with Crippen LogP contribution < -0.4 is 10.6 Å². The quantitative estimate of drug-likeness (QED) is 0.806. The van der Waals surface area contributed by atoms with Crippen molar-refractivity contribution >= 4 is 6.09 Å². The van der Waals surface area contributed by atoms with Gasteiger partial charge in [0.1, 0.15) is 5.60 Å². The lowest BCUT2D eigenvalue weighted by molar-refractivity contribution is 0.0523. The second-order valence-electron chi connectivity index (χ2n) is 8.57. The van der Waals surface area contributed by atoms with Crippen molar-refractivity contribution in [2.75, 3.05) is 6.54 Å². The maximum Gasteiger partial charge on any atom is 0.407 e. The predicted octanol–water partition coefficient (Wildman–Crippen LogP) is 4.48. The topological polar surface area (TPSA) is 50.4 Å². The van der Waals surface area contributed by atoms with E-state index in [1.54, 1.807) is 0 Å². The molecule has 0 saturated carbocycles. The molecule has 0 bridgehead atoms. The first kappa shape index (κ1) is 20.5. The molecule has 0 aliphatic carbocycles. The minimum absolute atomic E-state index is 0.324. The van der Waals surface area contributed by atoms with Crippen LogP contribution in [0.2, 0.25) is 0 Å². The van der Waals surface area contributed by atoms with Crippen LogP contribution in [0.1, 0.15) is 59.6 Å². The first-order valence-corrected chi connectivity index (χ1v) is 8.73. The molecule has 136 valence electrons. The van der Waals surface area contributed by atoms with E-state index in [1.165, 1.54) is 5.56 Å². The minimum atomic E-state index is -0.468. The summed E-state index contributed by atoms with van der Waals surface area (Å²) in [5.74, 6) is 0.620. The molecule has 2 N–H and O–H groups in total. The fraction of sp³-hybridized carbons (Fsp3) is 0.650. The zero-order valence-corrected chi connectivity index (χ0v) is 16.3. The lowest BCUT2D eigenvalue weighted by Gasteiger charge is -2.27. The van der Waals surface area contributed by atoms with Crippen molar-refractivity contribution in [1.29, 1.82) is 0 Å². The highest BCUT2D eigenvalue weighted by Crippen LogP contribution is 2.24. The molecule has 4 nitrogen and oxygen atoms in total. The first-order valence-electron chi connectivity index (χ1n) is 8.73. The van der Waals surface area contributed by atoms with Gasteiger partial charge >= 0.3 is 6.09 Å². The fourth-order valence-corrected chi connectivity index (χ4v) is 2.00. The average Bonchev–Trinajstić information content (AvgIpc) is 2.43. The second-order valence-corrected chi connectivity index (χ2v) is 8.57. The van der Waals surface area contributed by atoms with E-state index in [9.17, 15) is 4.79 Å². The van der Waals surface area contributed by atoms with E-state index in [1.807, 2.05) is 32.9 Å². The van der Waals surface area contributed by atoms with Gasteiger partial charge < -0.3 is 15.4 Å². The van der Waals surface area contributed by atoms with Gasteiger partial charge in [-0.05, 0) is 49.8 Å². The summed E-state index contributed by atoms with van der Waals surface area (Å²) in [6, 6.07) is 8.28. The maximum atomic E-state index is 11.6. The maximum absolute atomic E-state index is 11.6. The van der Waals surface area contributed by atoms with Crippen molar-refractivity contribution in [1.82, 2.24) is 10.6 Å². The molecule has 0 aliphatic rings. The van der Waals surface area contributed by atoms with Crippen LogP contribution in [-0.4, -0.2) is 18.2 Å². The first-order chi connectivity index (χ1) is 11.0. The fourth-order valence-electron chi connectivity index (χ4n) is 2.00. The number of benzene rings is 1. The highest BCUT2D eigenvalue weighted by molar-refractivity contribution is 5.67. The number of ether oxygens (including phenoxy) is 1. The van der Waals surface area contributed by atoms with Gasteiger partial charge in [-0.1, -0.05) is 52.0 Å². The minimum Gasteiger partial charge on any atom is -0.444 e. The number of carbonyl (C=O) groups excluding carboxylic acids is 1. The summed E-state index contributed by atoms with van der Waals surface area (Å²) >= 11 is 0. The standard InChI is InChI=1S/C20H34N2O2/c1-15(19(2,3)4)12-21-13-16-8-10-17(11-9-16)14-22-18(23)24-20(5,6)7/h8-11,15,21H,12-14H2,1-7H3,(H,22,23). The zero-order valence-electron chi connectivity index (χ0n) is 16.3. The van der Waals surface area contributed by atoms with E-state index in [0.29, 0.717) is 17.9 Å². The van der Waals surface area contributed by atoms with Crippen molar-refractivity contribution in [3.63, 3.8) is 0 Å². The Morgan fingerprint density at radius 3 is 1.96 bits per heavy atom. The smallest absolute Gasteiger partial charge is 0.407 e. The van der Waals surface area contributed by atoms with Crippen LogP contribution in [0.15, 0.2) is 24.3 Å². The molecular formula is C20H34N2O2. The van der Waals surface area contributed by atoms with Crippen LogP contribution in [0.3, 0.4) is 0 Å². The van der Waals surface area contributed by atoms with Gasteiger partial charge in [-0.25, -0.2) is 4.79 Å². The number of nitrogens with one attached hydrogen (secondary N) is 2. The van der Waals surface area contributed by atoms with Crippen LogP contribution in [0.5, 0.6) is 0 Å². The Hall–Kier alpha value is -1.55. The Labute approximate surface area is 147 Å². The van der Waals surface area contributed by atoms with Gasteiger partial charge in [-0.2, -0.15) is 0 Å². The number of carbonyl (C=O) groups is 1. The average molecular weight is 335 g/mol. The van der Waals surface area contributed by atoms with E-state index < -0.39 is 5.60 Å². The van der Waals surface area contributed by atoms with Crippen molar-refractivity contribution in [3.8, 4) is 0 Å². The van der Waals surface area contributed by atoms with Gasteiger partial charge in [-0.15, -0.1) is 0 Å². The normalized spacial score (nSPS) is 13.5. The van der Waals surface area contributed by atoms with Gasteiger partial charge in [0, 0.05) is 13.1 Å². The van der Waals surface area contributed by atoms with Crippen molar-refractivity contribution in [2.45, 2.75) is 67.2 Å². The Balaban J connectivity index is 2.37. The molecule has 1 atom stereocenters. The Morgan fingerprint density at radius 1 is 1.00 bits per heavy atom. The third-order valence-corrected chi connectivity index (χ3v) is 4.12. The monoisotopic (exact) mass is 334 g/mol. The number of amides is 1. The van der Waals surface area contributed by atoms with E-state index in [4.69, 9.17) is 4.74 Å². The van der Waals surface area contributed by atoms with Gasteiger partial charge in [0.05, 0.1) is 0 Å². The van der Waals surface area contributed by atoms with E-state index in [0.717, 1.165) is 18.7 Å². The molecule has 0 saturated heterocycles. The summed E-state index contributed by atoms with van der Waals surface area (Å²) < 4.78 is 5.23. The molecule has 4 heteroatoms.